The number of aromatic amines is 1. The van der Waals surface area contributed by atoms with Crippen molar-refractivity contribution in [3.05, 3.63) is 192 Å². The number of H-pyrrole nitrogens is 1. The molecule has 1 amide bonds. The zero-order valence-electron chi connectivity index (χ0n) is 26.8. The zero-order valence-corrected chi connectivity index (χ0v) is 26.8. The Balaban J connectivity index is 1.38. The van der Waals surface area contributed by atoms with Crippen LogP contribution in [0.5, 0.6) is 0 Å². The van der Waals surface area contributed by atoms with E-state index in [2.05, 4.69) is 97.9 Å². The number of nitrogens with one attached hydrogen (secondary N) is 2. The smallest absolute Gasteiger partial charge is 0.289 e. The summed E-state index contributed by atoms with van der Waals surface area (Å²) in [5, 5.41) is 7.60. The van der Waals surface area contributed by atoms with Crippen molar-refractivity contribution in [2.75, 3.05) is 0 Å². The Morgan fingerprint density at radius 2 is 1.24 bits per heavy atom. The fourth-order valence-electron chi connectivity index (χ4n) is 6.80. The van der Waals surface area contributed by atoms with Crippen molar-refractivity contribution < 1.29 is 9.59 Å². The van der Waals surface area contributed by atoms with Crippen LogP contribution in [0.3, 0.4) is 0 Å². The molecule has 5 aromatic carbocycles. The molecule has 3 aromatic heterocycles. The second kappa shape index (κ2) is 13.0. The molecule has 0 spiro atoms. The molecule has 0 aliphatic rings. The highest BCUT2D eigenvalue weighted by Crippen LogP contribution is 2.44. The van der Waals surface area contributed by atoms with Crippen molar-refractivity contribution >= 4 is 33.8 Å². The van der Waals surface area contributed by atoms with Gasteiger partial charge in [-0.05, 0) is 46.5 Å². The highest BCUT2D eigenvalue weighted by atomic mass is 16.2. The maximum absolute atomic E-state index is 13.6. The van der Waals surface area contributed by atoms with Crippen LogP contribution in [0.2, 0.25) is 0 Å². The van der Waals surface area contributed by atoms with E-state index in [0.29, 0.717) is 11.0 Å². The summed E-state index contributed by atoms with van der Waals surface area (Å²) in [7, 11) is 0. The maximum Gasteiger partial charge on any atom is 0.289 e. The van der Waals surface area contributed by atoms with Crippen molar-refractivity contribution in [3.8, 4) is 11.3 Å². The number of fused-ring (bicyclic) bond motifs is 2. The fraction of sp³-hybridized carbons (Fsp3) is 0.0476. The minimum atomic E-state index is -0.842. The molecule has 8 rings (SSSR count). The van der Waals surface area contributed by atoms with Crippen molar-refractivity contribution in [1.29, 1.82) is 0 Å². The Morgan fingerprint density at radius 1 is 0.720 bits per heavy atom. The highest BCUT2D eigenvalue weighted by molar-refractivity contribution is 6.03. The number of carbonyl (C=O) groups excluding carboxylic acids is 2. The van der Waals surface area contributed by atoms with E-state index in [1.54, 1.807) is 12.4 Å². The van der Waals surface area contributed by atoms with Gasteiger partial charge in [0, 0.05) is 29.4 Å². The van der Waals surface area contributed by atoms with E-state index in [1.165, 1.54) is 6.08 Å². The van der Waals surface area contributed by atoms with E-state index >= 15 is 0 Å². The molecule has 8 aromatic rings. The minimum absolute atomic E-state index is 0.00863. The summed E-state index contributed by atoms with van der Waals surface area (Å²) in [4.78, 5) is 38.6. The van der Waals surface area contributed by atoms with Crippen LogP contribution in [-0.2, 0) is 10.3 Å². The molecule has 2 N–H and O–H groups in total. The average Bonchev–Trinajstić information content (AvgIpc) is 3.78. The lowest BCUT2D eigenvalue weighted by atomic mass is 9.77. The summed E-state index contributed by atoms with van der Waals surface area (Å²) in [6.45, 7) is 0. The maximum atomic E-state index is 13.6. The Labute approximate surface area is 287 Å². The first-order chi connectivity index (χ1) is 24.7. The lowest BCUT2D eigenvalue weighted by Gasteiger charge is -2.37. The minimum Gasteiger partial charge on any atom is -0.338 e. The molecule has 0 saturated heterocycles. The number of carbonyl (C=O) groups is 1. The molecule has 8 heteroatoms. The largest absolute Gasteiger partial charge is 0.338 e. The first-order valence-corrected chi connectivity index (χ1v) is 16.2. The second-order valence-corrected chi connectivity index (χ2v) is 11.9. The Kier molecular flexibility index (Phi) is 7.89. The normalized spacial score (nSPS) is 12.0. The number of nitrogens with zero attached hydrogens (tertiary/aromatic N) is 4. The van der Waals surface area contributed by atoms with E-state index in [0.717, 1.165) is 44.4 Å². The summed E-state index contributed by atoms with van der Waals surface area (Å²) in [6.07, 6.45) is 4.82. The zero-order chi connectivity index (χ0) is 33.9. The molecule has 3 heterocycles. The van der Waals surface area contributed by atoms with Gasteiger partial charge in [0.05, 0.1) is 28.3 Å². The third kappa shape index (κ3) is 5.26. The van der Waals surface area contributed by atoms with Gasteiger partial charge >= 0.3 is 0 Å². The summed E-state index contributed by atoms with van der Waals surface area (Å²) in [5.74, 6) is 1.32. The Morgan fingerprint density at radius 3 is 1.78 bits per heavy atom. The first-order valence-electron chi connectivity index (χ1n) is 16.2. The van der Waals surface area contributed by atoms with Crippen molar-refractivity contribution in [1.82, 2.24) is 30.0 Å². The summed E-state index contributed by atoms with van der Waals surface area (Å²) in [6, 6.07) is 47.7. The van der Waals surface area contributed by atoms with Crippen LogP contribution >= 0.6 is 0 Å². The third-order valence-electron chi connectivity index (χ3n) is 9.04. The topological polar surface area (TPSA) is 106 Å². The average molecular weight is 651 g/mol. The monoisotopic (exact) mass is 650 g/mol. The van der Waals surface area contributed by atoms with Crippen LogP contribution in [0.1, 0.15) is 38.9 Å². The molecule has 8 nitrogen and oxygen atoms in total. The predicted octanol–water partition coefficient (Wildman–Crippen LogP) is 7.67. The van der Waals surface area contributed by atoms with Gasteiger partial charge in [-0.2, -0.15) is 0 Å². The number of aromatic nitrogens is 5. The second-order valence-electron chi connectivity index (χ2n) is 11.9. The molecule has 0 bridgehead atoms. The number of hydrogen-bond acceptors (Lipinski definition) is 5. The number of imidazole rings is 1. The number of hydrogen-bond donors (Lipinski definition) is 2. The molecule has 50 heavy (non-hydrogen) atoms. The van der Waals surface area contributed by atoms with Gasteiger partial charge in [0.15, 0.2) is 0 Å². The molecule has 240 valence electrons. The van der Waals surface area contributed by atoms with Gasteiger partial charge in [0.25, 0.3) is 5.91 Å². The molecule has 0 radical (unpaired) electrons. The first kappa shape index (κ1) is 30.4. The third-order valence-corrected chi connectivity index (χ3v) is 9.04. The quantitative estimate of drug-likeness (QED) is 0.123. The van der Waals surface area contributed by atoms with Crippen LogP contribution in [-0.4, -0.2) is 36.6 Å². The summed E-state index contributed by atoms with van der Waals surface area (Å²) >= 11 is 0. The number of pyridine rings is 1. The van der Waals surface area contributed by atoms with Gasteiger partial charge in [0.2, 0.25) is 5.82 Å². The summed E-state index contributed by atoms with van der Waals surface area (Å²) < 4.78 is 2.20. The highest BCUT2D eigenvalue weighted by Gasteiger charge is 2.40. The van der Waals surface area contributed by atoms with E-state index in [4.69, 9.17) is 4.98 Å². The lowest BCUT2D eigenvalue weighted by molar-refractivity contribution is 0.0935. The molecule has 0 saturated carbocycles. The van der Waals surface area contributed by atoms with E-state index in [9.17, 15) is 9.59 Å². The van der Waals surface area contributed by atoms with Crippen molar-refractivity contribution in [3.63, 3.8) is 0 Å². The molecule has 0 aliphatic heterocycles. The van der Waals surface area contributed by atoms with Crippen molar-refractivity contribution in [2.24, 2.45) is 0 Å². The van der Waals surface area contributed by atoms with Crippen molar-refractivity contribution in [2.45, 2.75) is 11.6 Å². The number of benzene rings is 5. The van der Waals surface area contributed by atoms with Crippen LogP contribution in [0.15, 0.2) is 164 Å². The van der Waals surface area contributed by atoms with Gasteiger partial charge in [-0.3, -0.25) is 19.6 Å². The van der Waals surface area contributed by atoms with E-state index in [-0.39, 0.29) is 5.82 Å². The van der Waals surface area contributed by atoms with Crippen LogP contribution in [0.4, 0.5) is 0 Å². The predicted molar refractivity (Wildman–Crippen MR) is 194 cm³/mol. The van der Waals surface area contributed by atoms with Crippen LogP contribution < -0.4 is 5.32 Å². The number of amides is 1. The molecular weight excluding hydrogens is 621 g/mol. The van der Waals surface area contributed by atoms with E-state index < -0.39 is 17.5 Å². The molecular formula is C42H30N6O2. The molecule has 0 aliphatic carbocycles. The lowest BCUT2D eigenvalue weighted by Crippen LogP contribution is -2.38. The molecule has 0 unspecified atom stereocenters. The Bertz CT molecular complexity index is 2380. The SMILES string of the molecule is O=C=C[C@H](NC(=O)c1nc2cc3c(-c4ccncc4)[nH]n(C(c4ccccc4)(c4ccccc4)c4ccccc4)c3cc2n1)c1ccccc1. The fourth-order valence-corrected chi connectivity index (χ4v) is 6.80. The standard InChI is InChI=1S/C42H30N6O2/c49-26-23-35(29-13-5-1-6-14-29)46-41(50)40-44-36-27-34-38(28-37(36)45-40)48(47-39(34)30-21-24-43-25-22-30)42(31-15-7-2-8-16-31,32-17-9-3-10-18-32)33-19-11-4-12-20-33/h1-25,27-28,35,47H,(H,46,50)/t35-/m0/s1. The molecule has 0 fully saturated rings. The van der Waals surface area contributed by atoms with Crippen LogP contribution in [0, 0.1) is 0 Å². The van der Waals surface area contributed by atoms with Gasteiger partial charge in [-0.1, -0.05) is 121 Å². The van der Waals surface area contributed by atoms with Gasteiger partial charge in [-0.15, -0.1) is 0 Å². The summed E-state index contributed by atoms with van der Waals surface area (Å²) in [5.41, 5.74) is 6.85. The molecule has 1 atom stereocenters. The van der Waals surface area contributed by atoms with Gasteiger partial charge in [0.1, 0.15) is 11.5 Å². The van der Waals surface area contributed by atoms with Gasteiger partial charge < -0.3 is 5.32 Å². The van der Waals surface area contributed by atoms with Gasteiger partial charge in [-0.25, -0.2) is 14.8 Å². The Hall–Kier alpha value is -6.89. The van der Waals surface area contributed by atoms with Crippen LogP contribution in [0.25, 0.3) is 33.2 Å². The van der Waals surface area contributed by atoms with E-state index in [1.807, 2.05) is 78.7 Å². The number of rotatable bonds is 9.